The van der Waals surface area contributed by atoms with Crippen LogP contribution < -0.4 is 11.1 Å². The van der Waals surface area contributed by atoms with Crippen LogP contribution in [0.4, 0.5) is 5.69 Å². The van der Waals surface area contributed by atoms with E-state index in [-0.39, 0.29) is 11.9 Å². The number of nitrogens with one attached hydrogen (secondary N) is 1. The Kier molecular flexibility index (Phi) is 6.40. The first-order valence-corrected chi connectivity index (χ1v) is 7.21. The topological polar surface area (TPSA) is 55.1 Å². The fourth-order valence-corrected chi connectivity index (χ4v) is 2.45. The van der Waals surface area contributed by atoms with E-state index in [1.807, 2.05) is 24.3 Å². The standard InChI is InChI=1S/C16H26N2O/c1-4-13(5-2)12(3)18-16(19)11-10-14-8-6-7-9-15(14)17/h6-9,12-13H,4-5,10-11,17H2,1-3H3,(H,18,19). The van der Waals surface area contributed by atoms with Gasteiger partial charge in [0.2, 0.25) is 5.91 Å². The summed E-state index contributed by atoms with van der Waals surface area (Å²) in [7, 11) is 0. The second-order valence-electron chi connectivity index (χ2n) is 5.13. The molecule has 0 aliphatic heterocycles. The van der Waals surface area contributed by atoms with Crippen molar-refractivity contribution in [2.24, 2.45) is 5.92 Å². The Morgan fingerprint density at radius 1 is 1.26 bits per heavy atom. The van der Waals surface area contributed by atoms with E-state index in [0.717, 1.165) is 24.1 Å². The van der Waals surface area contributed by atoms with Gasteiger partial charge in [-0.25, -0.2) is 0 Å². The average Bonchev–Trinajstić information content (AvgIpc) is 2.39. The lowest BCUT2D eigenvalue weighted by atomic mass is 9.95. The molecule has 1 aromatic carbocycles. The van der Waals surface area contributed by atoms with Gasteiger partial charge < -0.3 is 11.1 Å². The van der Waals surface area contributed by atoms with E-state index in [9.17, 15) is 4.79 Å². The highest BCUT2D eigenvalue weighted by Crippen LogP contribution is 2.14. The molecular weight excluding hydrogens is 236 g/mol. The molecular formula is C16H26N2O. The van der Waals surface area contributed by atoms with Gasteiger partial charge in [0, 0.05) is 18.2 Å². The number of aryl methyl sites for hydroxylation is 1. The van der Waals surface area contributed by atoms with Crippen molar-refractivity contribution in [1.82, 2.24) is 5.32 Å². The van der Waals surface area contributed by atoms with Crippen LogP contribution in [-0.4, -0.2) is 11.9 Å². The Morgan fingerprint density at radius 2 is 1.89 bits per heavy atom. The number of amides is 1. The monoisotopic (exact) mass is 262 g/mol. The van der Waals surface area contributed by atoms with Gasteiger partial charge in [-0.05, 0) is 30.9 Å². The third kappa shape index (κ3) is 4.93. The average molecular weight is 262 g/mol. The number of nitrogens with two attached hydrogens (primary N) is 1. The van der Waals surface area contributed by atoms with Crippen LogP contribution in [0.1, 0.15) is 45.6 Å². The van der Waals surface area contributed by atoms with Crippen LogP contribution in [0.3, 0.4) is 0 Å². The molecule has 0 aliphatic carbocycles. The molecule has 3 heteroatoms. The highest BCUT2D eigenvalue weighted by molar-refractivity contribution is 5.76. The summed E-state index contributed by atoms with van der Waals surface area (Å²) in [5.74, 6) is 0.674. The smallest absolute Gasteiger partial charge is 0.220 e. The van der Waals surface area contributed by atoms with Gasteiger partial charge in [-0.15, -0.1) is 0 Å². The second kappa shape index (κ2) is 7.82. The normalized spacial score (nSPS) is 12.4. The number of hydrogen-bond acceptors (Lipinski definition) is 2. The molecule has 0 fully saturated rings. The fourth-order valence-electron chi connectivity index (χ4n) is 2.45. The summed E-state index contributed by atoms with van der Waals surface area (Å²) in [6.45, 7) is 6.43. The molecule has 3 nitrogen and oxygen atoms in total. The summed E-state index contributed by atoms with van der Waals surface area (Å²) < 4.78 is 0. The summed E-state index contributed by atoms with van der Waals surface area (Å²) in [6.07, 6.45) is 3.40. The van der Waals surface area contributed by atoms with Crippen molar-refractivity contribution in [2.75, 3.05) is 5.73 Å². The number of rotatable bonds is 7. The fraction of sp³-hybridized carbons (Fsp3) is 0.562. The maximum atomic E-state index is 11.9. The molecule has 0 aliphatic rings. The minimum absolute atomic E-state index is 0.114. The van der Waals surface area contributed by atoms with Crippen LogP contribution in [0.2, 0.25) is 0 Å². The van der Waals surface area contributed by atoms with E-state index in [4.69, 9.17) is 5.73 Å². The van der Waals surface area contributed by atoms with Gasteiger partial charge in [-0.1, -0.05) is 44.9 Å². The molecule has 0 saturated heterocycles. The number of carbonyl (C=O) groups excluding carboxylic acids is 1. The van der Waals surface area contributed by atoms with E-state index in [2.05, 4.69) is 26.1 Å². The van der Waals surface area contributed by atoms with E-state index < -0.39 is 0 Å². The first kappa shape index (κ1) is 15.5. The molecule has 1 atom stereocenters. The Hall–Kier alpha value is -1.51. The van der Waals surface area contributed by atoms with Gasteiger partial charge in [0.05, 0.1) is 0 Å². The maximum absolute atomic E-state index is 11.9. The number of anilines is 1. The molecule has 0 bridgehead atoms. The van der Waals surface area contributed by atoms with Crippen molar-refractivity contribution in [3.63, 3.8) is 0 Å². The summed E-state index contributed by atoms with van der Waals surface area (Å²) in [5.41, 5.74) is 7.68. The largest absolute Gasteiger partial charge is 0.399 e. The summed E-state index contributed by atoms with van der Waals surface area (Å²) in [4.78, 5) is 11.9. The van der Waals surface area contributed by atoms with Crippen LogP contribution in [-0.2, 0) is 11.2 Å². The predicted octanol–water partition coefficient (Wildman–Crippen LogP) is 3.14. The zero-order valence-electron chi connectivity index (χ0n) is 12.3. The van der Waals surface area contributed by atoms with Crippen LogP contribution in [0, 0.1) is 5.92 Å². The molecule has 106 valence electrons. The highest BCUT2D eigenvalue weighted by Gasteiger charge is 2.15. The molecule has 0 heterocycles. The zero-order valence-corrected chi connectivity index (χ0v) is 12.3. The number of hydrogen-bond donors (Lipinski definition) is 2. The molecule has 1 amide bonds. The predicted molar refractivity (Wildman–Crippen MR) is 80.9 cm³/mol. The van der Waals surface area contributed by atoms with Crippen molar-refractivity contribution in [3.8, 4) is 0 Å². The van der Waals surface area contributed by atoms with Crippen LogP contribution in [0.25, 0.3) is 0 Å². The molecule has 0 radical (unpaired) electrons. The minimum Gasteiger partial charge on any atom is -0.399 e. The lowest BCUT2D eigenvalue weighted by Gasteiger charge is -2.22. The molecule has 0 spiro atoms. The number of para-hydroxylation sites is 1. The molecule has 0 aromatic heterocycles. The Labute approximate surface area is 116 Å². The molecule has 3 N–H and O–H groups in total. The Balaban J connectivity index is 2.42. The SMILES string of the molecule is CCC(CC)C(C)NC(=O)CCc1ccccc1N. The van der Waals surface area contributed by atoms with Crippen LogP contribution in [0.5, 0.6) is 0 Å². The van der Waals surface area contributed by atoms with Crippen molar-refractivity contribution >= 4 is 11.6 Å². The van der Waals surface area contributed by atoms with Crippen molar-refractivity contribution < 1.29 is 4.79 Å². The van der Waals surface area contributed by atoms with E-state index >= 15 is 0 Å². The summed E-state index contributed by atoms with van der Waals surface area (Å²) >= 11 is 0. The Morgan fingerprint density at radius 3 is 2.47 bits per heavy atom. The van der Waals surface area contributed by atoms with E-state index in [0.29, 0.717) is 18.8 Å². The van der Waals surface area contributed by atoms with Crippen LogP contribution >= 0.6 is 0 Å². The third-order valence-electron chi connectivity index (χ3n) is 3.82. The number of benzene rings is 1. The third-order valence-corrected chi connectivity index (χ3v) is 3.82. The van der Waals surface area contributed by atoms with Gasteiger partial charge in [0.1, 0.15) is 0 Å². The van der Waals surface area contributed by atoms with Crippen molar-refractivity contribution in [1.29, 1.82) is 0 Å². The number of carbonyl (C=O) groups is 1. The number of nitrogen functional groups attached to an aromatic ring is 1. The summed E-state index contributed by atoms with van der Waals surface area (Å²) in [5, 5.41) is 3.09. The van der Waals surface area contributed by atoms with Crippen molar-refractivity contribution in [3.05, 3.63) is 29.8 Å². The van der Waals surface area contributed by atoms with Crippen molar-refractivity contribution in [2.45, 2.75) is 52.5 Å². The van der Waals surface area contributed by atoms with Gasteiger partial charge in [-0.3, -0.25) is 4.79 Å². The van der Waals surface area contributed by atoms with Gasteiger partial charge in [-0.2, -0.15) is 0 Å². The van der Waals surface area contributed by atoms with Crippen LogP contribution in [0.15, 0.2) is 24.3 Å². The molecule has 1 unspecified atom stereocenters. The van der Waals surface area contributed by atoms with E-state index in [1.165, 1.54) is 0 Å². The molecule has 1 rings (SSSR count). The molecule has 0 saturated carbocycles. The quantitative estimate of drug-likeness (QED) is 0.742. The first-order valence-electron chi connectivity index (χ1n) is 7.21. The lowest BCUT2D eigenvalue weighted by molar-refractivity contribution is -0.122. The lowest BCUT2D eigenvalue weighted by Crippen LogP contribution is -2.37. The van der Waals surface area contributed by atoms with Gasteiger partial charge in [0.15, 0.2) is 0 Å². The van der Waals surface area contributed by atoms with Gasteiger partial charge >= 0.3 is 0 Å². The van der Waals surface area contributed by atoms with Gasteiger partial charge in [0.25, 0.3) is 0 Å². The molecule has 19 heavy (non-hydrogen) atoms. The Bertz CT molecular complexity index is 399. The maximum Gasteiger partial charge on any atom is 0.220 e. The molecule has 1 aromatic rings. The first-order chi connectivity index (χ1) is 9.08. The minimum atomic E-state index is 0.114. The summed E-state index contributed by atoms with van der Waals surface area (Å²) in [6, 6.07) is 7.97. The zero-order chi connectivity index (χ0) is 14.3. The second-order valence-corrected chi connectivity index (χ2v) is 5.13. The highest BCUT2D eigenvalue weighted by atomic mass is 16.1. The van der Waals surface area contributed by atoms with E-state index in [1.54, 1.807) is 0 Å².